The number of hydrogen-bond donors (Lipinski definition) is 1. The molecule has 1 atom stereocenters. The first-order valence-electron chi connectivity index (χ1n) is 9.71. The van der Waals surface area contributed by atoms with E-state index in [9.17, 15) is 14.0 Å². The number of aromatic nitrogens is 4. The number of carbonyl (C=O) groups excluding carboxylic acids is 1. The molecule has 0 bridgehead atoms. The van der Waals surface area contributed by atoms with Crippen LogP contribution in [0.25, 0.3) is 5.78 Å². The number of nitrogens with zero attached hydrogens (tertiary/aromatic N) is 5. The predicted molar refractivity (Wildman–Crippen MR) is 108 cm³/mol. The third-order valence-corrected chi connectivity index (χ3v) is 5.29. The number of halogens is 1. The zero-order chi connectivity index (χ0) is 20.5. The van der Waals surface area contributed by atoms with E-state index in [1.54, 1.807) is 31.3 Å². The fraction of sp³-hybridized carbons (Fsp3) is 0.400. The summed E-state index contributed by atoms with van der Waals surface area (Å²) in [5, 5.41) is 6.78. The highest BCUT2D eigenvalue weighted by molar-refractivity contribution is 5.90. The van der Waals surface area contributed by atoms with Crippen molar-refractivity contribution in [3.8, 4) is 0 Å². The highest BCUT2D eigenvalue weighted by Gasteiger charge is 2.21. The van der Waals surface area contributed by atoms with Crippen LogP contribution in [0.3, 0.4) is 0 Å². The fourth-order valence-electron chi connectivity index (χ4n) is 3.60. The van der Waals surface area contributed by atoms with E-state index in [2.05, 4.69) is 27.2 Å². The Morgan fingerprint density at radius 1 is 1.31 bits per heavy atom. The van der Waals surface area contributed by atoms with E-state index in [-0.39, 0.29) is 12.3 Å². The second kappa shape index (κ2) is 7.65. The van der Waals surface area contributed by atoms with Crippen molar-refractivity contribution < 1.29 is 9.18 Å². The van der Waals surface area contributed by atoms with Gasteiger partial charge < -0.3 is 10.2 Å². The van der Waals surface area contributed by atoms with Gasteiger partial charge in [0.15, 0.2) is 0 Å². The number of benzene rings is 1. The average Bonchev–Trinajstić information content (AvgIpc) is 3.00. The minimum Gasteiger partial charge on any atom is -0.354 e. The number of fused-ring (bicyclic) bond motifs is 1. The van der Waals surface area contributed by atoms with Gasteiger partial charge in [-0.2, -0.15) is 4.98 Å². The summed E-state index contributed by atoms with van der Waals surface area (Å²) >= 11 is 0. The van der Waals surface area contributed by atoms with Crippen LogP contribution in [-0.4, -0.2) is 37.7 Å². The maximum atomic E-state index is 13.6. The lowest BCUT2D eigenvalue weighted by Crippen LogP contribution is -2.38. The van der Waals surface area contributed by atoms with Gasteiger partial charge in [0.25, 0.3) is 5.78 Å². The molecule has 2 aromatic heterocycles. The van der Waals surface area contributed by atoms with Gasteiger partial charge in [-0.1, -0.05) is 6.07 Å². The SMILES string of the molecule is Cc1ccc(NC(=O)Cn2nc3nc(N4CCCCC4C)ccn3c2=O)cc1F. The first-order valence-corrected chi connectivity index (χ1v) is 9.71. The quantitative estimate of drug-likeness (QED) is 0.729. The van der Waals surface area contributed by atoms with E-state index in [1.165, 1.54) is 16.9 Å². The molecule has 1 aliphatic rings. The second-order valence-electron chi connectivity index (χ2n) is 7.45. The van der Waals surface area contributed by atoms with Crippen molar-refractivity contribution in [1.29, 1.82) is 0 Å². The summed E-state index contributed by atoms with van der Waals surface area (Å²) in [6, 6.07) is 6.61. The van der Waals surface area contributed by atoms with Crippen molar-refractivity contribution in [2.45, 2.75) is 45.7 Å². The predicted octanol–water partition coefficient (Wildman–Crippen LogP) is 2.36. The molecule has 0 saturated carbocycles. The molecule has 8 nitrogen and oxygen atoms in total. The van der Waals surface area contributed by atoms with Gasteiger partial charge in [0.1, 0.15) is 18.2 Å². The van der Waals surface area contributed by atoms with Crippen LogP contribution in [0.2, 0.25) is 0 Å². The first kappa shape index (κ1) is 19.1. The van der Waals surface area contributed by atoms with Crippen LogP contribution in [-0.2, 0) is 11.3 Å². The molecule has 0 radical (unpaired) electrons. The molecule has 3 heterocycles. The highest BCUT2D eigenvalue weighted by atomic mass is 19.1. The average molecular weight is 398 g/mol. The lowest BCUT2D eigenvalue weighted by Gasteiger charge is -2.34. The van der Waals surface area contributed by atoms with E-state index >= 15 is 0 Å². The third kappa shape index (κ3) is 3.85. The Morgan fingerprint density at radius 2 is 2.14 bits per heavy atom. The number of rotatable bonds is 4. The number of amides is 1. The Bertz CT molecular complexity index is 1120. The molecular formula is C20H23FN6O2. The Hall–Kier alpha value is -3.23. The molecule has 0 aliphatic carbocycles. The third-order valence-electron chi connectivity index (χ3n) is 5.29. The number of nitrogens with one attached hydrogen (secondary N) is 1. The fourth-order valence-corrected chi connectivity index (χ4v) is 3.60. The molecule has 9 heteroatoms. The number of piperidine rings is 1. The molecule has 1 aromatic carbocycles. The molecule has 152 valence electrons. The van der Waals surface area contributed by atoms with Crippen LogP contribution in [0.15, 0.2) is 35.3 Å². The number of anilines is 2. The summed E-state index contributed by atoms with van der Waals surface area (Å²) in [4.78, 5) is 31.6. The molecular weight excluding hydrogens is 375 g/mol. The van der Waals surface area contributed by atoms with Crippen molar-refractivity contribution in [3.63, 3.8) is 0 Å². The van der Waals surface area contributed by atoms with Gasteiger partial charge in [0, 0.05) is 24.5 Å². The van der Waals surface area contributed by atoms with Gasteiger partial charge in [-0.05, 0) is 56.9 Å². The summed E-state index contributed by atoms with van der Waals surface area (Å²) < 4.78 is 16.0. The van der Waals surface area contributed by atoms with Crippen molar-refractivity contribution in [2.24, 2.45) is 0 Å². The van der Waals surface area contributed by atoms with Gasteiger partial charge in [-0.3, -0.25) is 4.79 Å². The molecule has 4 rings (SSSR count). The van der Waals surface area contributed by atoms with E-state index in [1.807, 2.05) is 0 Å². The molecule has 1 amide bonds. The molecule has 1 aliphatic heterocycles. The van der Waals surface area contributed by atoms with E-state index in [0.717, 1.165) is 29.9 Å². The maximum absolute atomic E-state index is 13.6. The van der Waals surface area contributed by atoms with Gasteiger partial charge >= 0.3 is 5.69 Å². The van der Waals surface area contributed by atoms with Gasteiger partial charge in [-0.25, -0.2) is 18.3 Å². The molecule has 29 heavy (non-hydrogen) atoms. The lowest BCUT2D eigenvalue weighted by molar-refractivity contribution is -0.117. The molecule has 3 aromatic rings. The minimum atomic E-state index is -0.469. The summed E-state index contributed by atoms with van der Waals surface area (Å²) in [7, 11) is 0. The molecule has 1 unspecified atom stereocenters. The van der Waals surface area contributed by atoms with Crippen molar-refractivity contribution in [3.05, 3.63) is 52.3 Å². The molecule has 1 saturated heterocycles. The number of aryl methyl sites for hydroxylation is 1. The molecule has 1 fully saturated rings. The van der Waals surface area contributed by atoms with Gasteiger partial charge in [0.05, 0.1) is 0 Å². The monoisotopic (exact) mass is 398 g/mol. The van der Waals surface area contributed by atoms with Crippen LogP contribution < -0.4 is 15.9 Å². The Kier molecular flexibility index (Phi) is 5.04. The van der Waals surface area contributed by atoms with Crippen LogP contribution in [0, 0.1) is 12.7 Å². The van der Waals surface area contributed by atoms with Crippen LogP contribution >= 0.6 is 0 Å². The largest absolute Gasteiger partial charge is 0.354 e. The smallest absolute Gasteiger partial charge is 0.352 e. The molecule has 1 N–H and O–H groups in total. The normalized spacial score (nSPS) is 16.9. The Balaban J connectivity index is 1.54. The topological polar surface area (TPSA) is 84.5 Å². The van der Waals surface area contributed by atoms with Crippen molar-refractivity contribution in [2.75, 3.05) is 16.8 Å². The van der Waals surface area contributed by atoms with Crippen molar-refractivity contribution >= 4 is 23.2 Å². The van der Waals surface area contributed by atoms with E-state index in [0.29, 0.717) is 17.3 Å². The summed E-state index contributed by atoms with van der Waals surface area (Å²) in [5.74, 6) is 0.154. The van der Waals surface area contributed by atoms with Crippen LogP contribution in [0.1, 0.15) is 31.7 Å². The minimum absolute atomic E-state index is 0.249. The summed E-state index contributed by atoms with van der Waals surface area (Å²) in [6.07, 6.45) is 5.05. The summed E-state index contributed by atoms with van der Waals surface area (Å²) in [5.41, 5.74) is 0.370. The van der Waals surface area contributed by atoms with Gasteiger partial charge in [-0.15, -0.1) is 5.10 Å². The molecule has 0 spiro atoms. The standard InChI is InChI=1S/C20H23FN6O2/c1-13-6-7-15(11-16(13)21)22-18(28)12-27-20(29)26-10-8-17(23-19(26)24-27)25-9-4-3-5-14(25)2/h6-8,10-11,14H,3-5,9,12H2,1-2H3,(H,22,28). The lowest BCUT2D eigenvalue weighted by atomic mass is 10.0. The van der Waals surface area contributed by atoms with Crippen LogP contribution in [0.4, 0.5) is 15.9 Å². The Labute approximate surface area is 167 Å². The van der Waals surface area contributed by atoms with E-state index < -0.39 is 17.4 Å². The van der Waals surface area contributed by atoms with Crippen molar-refractivity contribution in [1.82, 2.24) is 19.2 Å². The van der Waals surface area contributed by atoms with Gasteiger partial charge in [0.2, 0.25) is 5.91 Å². The number of hydrogen-bond acceptors (Lipinski definition) is 5. The second-order valence-corrected chi connectivity index (χ2v) is 7.45. The summed E-state index contributed by atoms with van der Waals surface area (Å²) in [6.45, 7) is 4.44. The number of carbonyl (C=O) groups is 1. The highest BCUT2D eigenvalue weighted by Crippen LogP contribution is 2.22. The zero-order valence-electron chi connectivity index (χ0n) is 16.4. The van der Waals surface area contributed by atoms with Crippen LogP contribution in [0.5, 0.6) is 0 Å². The Morgan fingerprint density at radius 3 is 2.90 bits per heavy atom. The van der Waals surface area contributed by atoms with E-state index in [4.69, 9.17) is 0 Å². The maximum Gasteiger partial charge on any atom is 0.352 e. The first-order chi connectivity index (χ1) is 13.9. The zero-order valence-corrected chi connectivity index (χ0v) is 16.4.